The Kier molecular flexibility index (Phi) is 2.96. The van der Waals surface area contributed by atoms with E-state index in [1.807, 2.05) is 0 Å². The van der Waals surface area contributed by atoms with Crippen LogP contribution in [0.1, 0.15) is 10.5 Å². The van der Waals surface area contributed by atoms with Crippen LogP contribution in [0.2, 0.25) is 0 Å². The highest BCUT2D eigenvalue weighted by molar-refractivity contribution is 9.10. The molecule has 2 N–H and O–H groups in total. The summed E-state index contributed by atoms with van der Waals surface area (Å²) in [7, 11) is -1.69. The van der Waals surface area contributed by atoms with Gasteiger partial charge in [0.25, 0.3) is 0 Å². The molecule has 6 heteroatoms. The van der Waals surface area contributed by atoms with Crippen molar-refractivity contribution in [1.82, 2.24) is 4.98 Å². The van der Waals surface area contributed by atoms with Gasteiger partial charge in [-0.1, -0.05) is 15.9 Å². The third-order valence-electron chi connectivity index (χ3n) is 1.34. The average Bonchev–Trinajstić information content (AvgIpc) is 2.03. The van der Waals surface area contributed by atoms with Gasteiger partial charge in [0.2, 0.25) is 0 Å². The predicted molar refractivity (Wildman–Crippen MR) is 47.2 cm³/mol. The Labute approximate surface area is 77.5 Å². The Morgan fingerprint density at radius 1 is 1.58 bits per heavy atom. The number of nitrogens with zero attached hydrogens (tertiary/aromatic N) is 1. The van der Waals surface area contributed by atoms with E-state index >= 15 is 0 Å². The van der Waals surface area contributed by atoms with Gasteiger partial charge >= 0.3 is 7.12 Å². The van der Waals surface area contributed by atoms with Gasteiger partial charge in [-0.2, -0.15) is 0 Å². The molecule has 62 valence electrons. The molecule has 0 aliphatic heterocycles. The molecule has 0 fully saturated rings. The van der Waals surface area contributed by atoms with Gasteiger partial charge in [0, 0.05) is 16.1 Å². The minimum absolute atomic E-state index is 0.0272. The summed E-state index contributed by atoms with van der Waals surface area (Å²) in [5.41, 5.74) is 0.117. The molecule has 0 bridgehead atoms. The van der Waals surface area contributed by atoms with Gasteiger partial charge in [0.1, 0.15) is 5.69 Å². The van der Waals surface area contributed by atoms with Crippen LogP contribution >= 0.6 is 15.9 Å². The summed E-state index contributed by atoms with van der Waals surface area (Å²) in [4.78, 5) is 14.0. The zero-order valence-corrected chi connectivity index (χ0v) is 7.52. The molecule has 0 aromatic carbocycles. The smallest absolute Gasteiger partial charge is 0.423 e. The normalized spacial score (nSPS) is 9.58. The van der Waals surface area contributed by atoms with Gasteiger partial charge < -0.3 is 10.0 Å². The first-order chi connectivity index (χ1) is 5.66. The van der Waals surface area contributed by atoms with Crippen molar-refractivity contribution in [2.75, 3.05) is 0 Å². The maximum absolute atomic E-state index is 10.4. The lowest BCUT2D eigenvalue weighted by Crippen LogP contribution is -2.34. The van der Waals surface area contributed by atoms with E-state index in [1.54, 1.807) is 0 Å². The molecule has 0 aliphatic carbocycles. The van der Waals surface area contributed by atoms with E-state index in [-0.39, 0.29) is 11.2 Å². The number of pyridine rings is 1. The summed E-state index contributed by atoms with van der Waals surface area (Å²) in [5, 5.41) is 17.7. The molecule has 1 rings (SSSR count). The number of hydrogen-bond acceptors (Lipinski definition) is 4. The Bertz CT molecular complexity index is 305. The van der Waals surface area contributed by atoms with Crippen LogP contribution in [0.3, 0.4) is 0 Å². The highest BCUT2D eigenvalue weighted by Crippen LogP contribution is 2.06. The van der Waals surface area contributed by atoms with Crippen LogP contribution in [0, 0.1) is 0 Å². The van der Waals surface area contributed by atoms with E-state index in [0.717, 1.165) is 0 Å². The Balaban J connectivity index is 3.29. The van der Waals surface area contributed by atoms with E-state index in [2.05, 4.69) is 20.9 Å². The first-order valence-corrected chi connectivity index (χ1v) is 3.92. The van der Waals surface area contributed by atoms with Gasteiger partial charge in [-0.15, -0.1) is 0 Å². The van der Waals surface area contributed by atoms with Gasteiger partial charge in [-0.25, -0.2) is 0 Å². The van der Waals surface area contributed by atoms with Gasteiger partial charge in [0.15, 0.2) is 6.29 Å². The largest absolute Gasteiger partial charge is 0.491 e. The third kappa shape index (κ3) is 1.71. The number of aldehydes is 1. The van der Waals surface area contributed by atoms with Crippen LogP contribution < -0.4 is 5.46 Å². The third-order valence-corrected chi connectivity index (χ3v) is 2.03. The number of carbonyl (C=O) groups excluding carboxylic acids is 1. The van der Waals surface area contributed by atoms with E-state index in [4.69, 9.17) is 10.0 Å². The maximum atomic E-state index is 10.4. The highest BCUT2D eigenvalue weighted by Gasteiger charge is 2.19. The molecule has 1 heterocycles. The van der Waals surface area contributed by atoms with Crippen molar-refractivity contribution in [3.8, 4) is 0 Å². The van der Waals surface area contributed by atoms with E-state index in [1.165, 1.54) is 12.3 Å². The standard InChI is InChI=1S/C6H5BBrNO3/c8-4-1-2-9-5(3-10)6(4)7(11)12/h1-3,11-12H. The molecule has 0 aliphatic rings. The lowest BCUT2D eigenvalue weighted by atomic mass is 9.79. The summed E-state index contributed by atoms with van der Waals surface area (Å²) >= 11 is 3.07. The van der Waals surface area contributed by atoms with Crippen molar-refractivity contribution in [3.63, 3.8) is 0 Å². The second kappa shape index (κ2) is 3.80. The minimum atomic E-state index is -1.69. The predicted octanol–water partition coefficient (Wildman–Crippen LogP) is -0.664. The number of aromatic nitrogens is 1. The number of carbonyl (C=O) groups is 1. The molecule has 0 saturated carbocycles. The fraction of sp³-hybridized carbons (Fsp3) is 0. The molecule has 12 heavy (non-hydrogen) atoms. The molecule has 0 atom stereocenters. The number of hydrogen-bond donors (Lipinski definition) is 2. The summed E-state index contributed by atoms with van der Waals surface area (Å²) in [6, 6.07) is 1.53. The summed E-state index contributed by atoms with van der Waals surface area (Å²) in [6.07, 6.45) is 1.87. The van der Waals surface area contributed by atoms with Gasteiger partial charge in [-0.05, 0) is 6.07 Å². The van der Waals surface area contributed by atoms with Crippen molar-refractivity contribution in [2.45, 2.75) is 0 Å². The van der Waals surface area contributed by atoms with Gasteiger partial charge in [0.05, 0.1) is 0 Å². The first-order valence-electron chi connectivity index (χ1n) is 3.12. The quantitative estimate of drug-likeness (QED) is 0.522. The molecule has 0 radical (unpaired) electrons. The van der Waals surface area contributed by atoms with Gasteiger partial charge in [-0.3, -0.25) is 9.78 Å². The molecule has 0 unspecified atom stereocenters. The summed E-state index contributed by atoms with van der Waals surface area (Å²) in [5.74, 6) is 0. The van der Waals surface area contributed by atoms with E-state index < -0.39 is 7.12 Å². The van der Waals surface area contributed by atoms with Crippen molar-refractivity contribution in [2.24, 2.45) is 0 Å². The highest BCUT2D eigenvalue weighted by atomic mass is 79.9. The van der Waals surface area contributed by atoms with Crippen LogP contribution in [0.15, 0.2) is 16.7 Å². The molecule has 1 aromatic heterocycles. The topological polar surface area (TPSA) is 70.4 Å². The molecular formula is C6H5BBrNO3. The van der Waals surface area contributed by atoms with Crippen LogP contribution in [-0.4, -0.2) is 28.4 Å². The molecule has 0 saturated heterocycles. The van der Waals surface area contributed by atoms with Crippen molar-refractivity contribution in [3.05, 3.63) is 22.4 Å². The second-order valence-electron chi connectivity index (χ2n) is 2.08. The fourth-order valence-electron chi connectivity index (χ4n) is 0.814. The first kappa shape index (κ1) is 9.37. The number of halogens is 1. The van der Waals surface area contributed by atoms with E-state index in [9.17, 15) is 4.79 Å². The van der Waals surface area contributed by atoms with Crippen molar-refractivity contribution in [1.29, 1.82) is 0 Å². The Hall–Kier alpha value is -0.715. The Morgan fingerprint density at radius 2 is 2.25 bits per heavy atom. The number of rotatable bonds is 2. The minimum Gasteiger partial charge on any atom is -0.423 e. The molecular weight excluding hydrogens is 225 g/mol. The lowest BCUT2D eigenvalue weighted by Gasteiger charge is -2.03. The fourth-order valence-corrected chi connectivity index (χ4v) is 1.34. The van der Waals surface area contributed by atoms with Crippen LogP contribution in [0.25, 0.3) is 0 Å². The summed E-state index contributed by atoms with van der Waals surface area (Å²) < 4.78 is 0.453. The van der Waals surface area contributed by atoms with Crippen LogP contribution in [0.5, 0.6) is 0 Å². The SMILES string of the molecule is O=Cc1nccc(Br)c1B(O)O. The van der Waals surface area contributed by atoms with Crippen LogP contribution in [-0.2, 0) is 0 Å². The average molecular weight is 230 g/mol. The monoisotopic (exact) mass is 229 g/mol. The molecule has 1 aromatic rings. The zero-order chi connectivity index (χ0) is 9.14. The van der Waals surface area contributed by atoms with Crippen molar-refractivity contribution >= 4 is 34.8 Å². The van der Waals surface area contributed by atoms with Crippen LogP contribution in [0.4, 0.5) is 0 Å². The maximum Gasteiger partial charge on any atom is 0.491 e. The second-order valence-corrected chi connectivity index (χ2v) is 2.94. The molecule has 4 nitrogen and oxygen atoms in total. The summed E-state index contributed by atoms with van der Waals surface area (Å²) in [6.45, 7) is 0. The zero-order valence-electron chi connectivity index (χ0n) is 5.94. The Morgan fingerprint density at radius 3 is 2.67 bits per heavy atom. The molecule has 0 amide bonds. The lowest BCUT2D eigenvalue weighted by molar-refractivity contribution is 0.111. The molecule has 0 spiro atoms. The van der Waals surface area contributed by atoms with E-state index in [0.29, 0.717) is 10.8 Å². The van der Waals surface area contributed by atoms with Crippen molar-refractivity contribution < 1.29 is 14.8 Å².